The molecule has 21 heavy (non-hydrogen) atoms. The van der Waals surface area contributed by atoms with Gasteiger partial charge in [-0.05, 0) is 35.9 Å². The Kier molecular flexibility index (Phi) is 3.80. The smallest absolute Gasteiger partial charge is 0.323 e. The third-order valence-electron chi connectivity index (χ3n) is 3.47. The highest BCUT2D eigenvalue weighted by molar-refractivity contribution is 9.10. The highest BCUT2D eigenvalue weighted by Crippen LogP contribution is 2.30. The lowest BCUT2D eigenvalue weighted by atomic mass is 10.1. The van der Waals surface area contributed by atoms with Gasteiger partial charge in [0.05, 0.1) is 11.4 Å². The van der Waals surface area contributed by atoms with Crippen molar-refractivity contribution in [3.63, 3.8) is 0 Å². The van der Waals surface area contributed by atoms with Gasteiger partial charge in [0.25, 0.3) is 0 Å². The third kappa shape index (κ3) is 2.72. The molecule has 0 bridgehead atoms. The average Bonchev–Trinajstić information content (AvgIpc) is 2.52. The standard InChI is InChI=1S/C17H15BrN2O/c1-19-12-11-16(13-5-3-2-4-6-13)20(17(19)21)15-9-7-14(18)8-10-15/h2-11H,12H2,1H3. The molecule has 2 aromatic carbocycles. The second-order valence-electron chi connectivity index (χ2n) is 4.93. The molecule has 106 valence electrons. The van der Waals surface area contributed by atoms with Crippen LogP contribution >= 0.6 is 15.9 Å². The van der Waals surface area contributed by atoms with E-state index in [0.29, 0.717) is 6.54 Å². The van der Waals surface area contributed by atoms with Crippen LogP contribution < -0.4 is 4.90 Å². The zero-order valence-electron chi connectivity index (χ0n) is 11.7. The molecular formula is C17H15BrN2O. The lowest BCUT2D eigenvalue weighted by Crippen LogP contribution is -2.44. The maximum absolute atomic E-state index is 12.6. The number of hydrogen-bond donors (Lipinski definition) is 0. The number of likely N-dealkylation sites (N-methyl/N-ethyl adjacent to an activating group) is 1. The van der Waals surface area contributed by atoms with E-state index in [0.717, 1.165) is 21.4 Å². The molecular weight excluding hydrogens is 328 g/mol. The summed E-state index contributed by atoms with van der Waals surface area (Å²) in [6, 6.07) is 17.8. The van der Waals surface area contributed by atoms with E-state index in [1.54, 1.807) is 9.80 Å². The molecule has 0 saturated carbocycles. The Bertz CT molecular complexity index is 680. The fraction of sp³-hybridized carbons (Fsp3) is 0.118. The number of carbonyl (C=O) groups is 1. The molecule has 3 nitrogen and oxygen atoms in total. The molecule has 1 aliphatic heterocycles. The number of urea groups is 1. The molecule has 0 aromatic heterocycles. The average molecular weight is 343 g/mol. The van der Waals surface area contributed by atoms with Crippen LogP contribution in [0, 0.1) is 0 Å². The summed E-state index contributed by atoms with van der Waals surface area (Å²) in [4.78, 5) is 16.1. The van der Waals surface area contributed by atoms with Gasteiger partial charge in [0, 0.05) is 18.1 Å². The van der Waals surface area contributed by atoms with E-state index in [4.69, 9.17) is 0 Å². The van der Waals surface area contributed by atoms with Crippen molar-refractivity contribution >= 4 is 33.3 Å². The van der Waals surface area contributed by atoms with E-state index in [-0.39, 0.29) is 6.03 Å². The zero-order valence-corrected chi connectivity index (χ0v) is 13.2. The van der Waals surface area contributed by atoms with Crippen molar-refractivity contribution in [2.24, 2.45) is 0 Å². The highest BCUT2D eigenvalue weighted by Gasteiger charge is 2.27. The van der Waals surface area contributed by atoms with E-state index in [1.165, 1.54) is 0 Å². The summed E-state index contributed by atoms with van der Waals surface area (Å²) < 4.78 is 0.995. The van der Waals surface area contributed by atoms with Gasteiger partial charge in [-0.15, -0.1) is 0 Å². The number of anilines is 1. The van der Waals surface area contributed by atoms with E-state index in [2.05, 4.69) is 22.0 Å². The van der Waals surface area contributed by atoms with Crippen molar-refractivity contribution in [2.75, 3.05) is 18.5 Å². The normalized spacial score (nSPS) is 15.1. The number of carbonyl (C=O) groups excluding carboxylic acids is 1. The van der Waals surface area contributed by atoms with Crippen LogP contribution in [-0.2, 0) is 0 Å². The lowest BCUT2D eigenvalue weighted by molar-refractivity contribution is 0.221. The summed E-state index contributed by atoms with van der Waals surface area (Å²) >= 11 is 3.43. The minimum Gasteiger partial charge on any atom is -0.323 e. The van der Waals surface area contributed by atoms with Gasteiger partial charge in [-0.1, -0.05) is 46.3 Å². The molecule has 4 heteroatoms. The van der Waals surface area contributed by atoms with E-state index < -0.39 is 0 Å². The second-order valence-corrected chi connectivity index (χ2v) is 5.85. The summed E-state index contributed by atoms with van der Waals surface area (Å²) in [5, 5.41) is 0. The minimum atomic E-state index is -0.0151. The fourth-order valence-corrected chi connectivity index (χ4v) is 2.63. The zero-order chi connectivity index (χ0) is 14.8. The first-order chi connectivity index (χ1) is 10.2. The summed E-state index contributed by atoms with van der Waals surface area (Å²) in [6.07, 6.45) is 2.08. The van der Waals surface area contributed by atoms with Crippen LogP contribution in [-0.4, -0.2) is 24.5 Å². The van der Waals surface area contributed by atoms with Crippen molar-refractivity contribution < 1.29 is 4.79 Å². The number of amides is 2. The Labute approximate surface area is 132 Å². The quantitative estimate of drug-likeness (QED) is 0.795. The van der Waals surface area contributed by atoms with Gasteiger partial charge in [0.15, 0.2) is 0 Å². The fourth-order valence-electron chi connectivity index (χ4n) is 2.36. The lowest BCUT2D eigenvalue weighted by Gasteiger charge is -2.34. The van der Waals surface area contributed by atoms with Crippen molar-refractivity contribution in [3.8, 4) is 0 Å². The Morgan fingerprint density at radius 1 is 1.00 bits per heavy atom. The Morgan fingerprint density at radius 2 is 1.67 bits per heavy atom. The summed E-state index contributed by atoms with van der Waals surface area (Å²) in [6.45, 7) is 0.621. The van der Waals surface area contributed by atoms with Crippen LogP contribution in [0.1, 0.15) is 5.56 Å². The van der Waals surface area contributed by atoms with Crippen LogP contribution in [0.3, 0.4) is 0 Å². The summed E-state index contributed by atoms with van der Waals surface area (Å²) in [5.74, 6) is 0. The predicted molar refractivity (Wildman–Crippen MR) is 89.1 cm³/mol. The van der Waals surface area contributed by atoms with Gasteiger partial charge < -0.3 is 4.90 Å². The molecule has 0 atom stereocenters. The number of rotatable bonds is 2. The molecule has 0 saturated heterocycles. The Morgan fingerprint density at radius 3 is 2.33 bits per heavy atom. The van der Waals surface area contributed by atoms with Crippen molar-refractivity contribution in [1.82, 2.24) is 4.90 Å². The highest BCUT2D eigenvalue weighted by atomic mass is 79.9. The molecule has 1 heterocycles. The molecule has 1 aliphatic rings. The summed E-state index contributed by atoms with van der Waals surface area (Å²) in [5.41, 5.74) is 2.84. The van der Waals surface area contributed by atoms with Crippen molar-refractivity contribution in [1.29, 1.82) is 0 Å². The molecule has 0 spiro atoms. The van der Waals surface area contributed by atoms with Crippen LogP contribution in [0.25, 0.3) is 5.70 Å². The van der Waals surface area contributed by atoms with E-state index in [9.17, 15) is 4.79 Å². The van der Waals surface area contributed by atoms with Gasteiger partial charge in [-0.2, -0.15) is 0 Å². The van der Waals surface area contributed by atoms with Gasteiger partial charge in [0.2, 0.25) is 0 Å². The van der Waals surface area contributed by atoms with Gasteiger partial charge in [-0.25, -0.2) is 4.79 Å². The van der Waals surface area contributed by atoms with Crippen LogP contribution in [0.4, 0.5) is 10.5 Å². The largest absolute Gasteiger partial charge is 0.329 e. The number of benzene rings is 2. The molecule has 0 N–H and O–H groups in total. The maximum atomic E-state index is 12.6. The molecule has 0 radical (unpaired) electrons. The first-order valence-electron chi connectivity index (χ1n) is 6.73. The predicted octanol–water partition coefficient (Wildman–Crippen LogP) is 4.36. The molecule has 2 amide bonds. The summed E-state index contributed by atoms with van der Waals surface area (Å²) in [7, 11) is 1.81. The molecule has 0 fully saturated rings. The Hall–Kier alpha value is -2.07. The van der Waals surface area contributed by atoms with Crippen LogP contribution in [0.15, 0.2) is 65.1 Å². The first kappa shape index (κ1) is 13.9. The van der Waals surface area contributed by atoms with Crippen LogP contribution in [0.2, 0.25) is 0 Å². The number of halogens is 1. The molecule has 0 aliphatic carbocycles. The van der Waals surface area contributed by atoms with E-state index >= 15 is 0 Å². The maximum Gasteiger partial charge on any atom is 0.329 e. The number of nitrogens with zero attached hydrogens (tertiary/aromatic N) is 2. The van der Waals surface area contributed by atoms with Gasteiger partial charge >= 0.3 is 6.03 Å². The Balaban J connectivity index is 2.08. The number of hydrogen-bond acceptors (Lipinski definition) is 1. The van der Waals surface area contributed by atoms with Crippen molar-refractivity contribution in [2.45, 2.75) is 0 Å². The molecule has 0 unspecified atom stereocenters. The molecule has 2 aromatic rings. The topological polar surface area (TPSA) is 23.6 Å². The van der Waals surface area contributed by atoms with Crippen LogP contribution in [0.5, 0.6) is 0 Å². The minimum absolute atomic E-state index is 0.0151. The monoisotopic (exact) mass is 342 g/mol. The second kappa shape index (κ2) is 5.74. The molecule has 3 rings (SSSR count). The SMILES string of the molecule is CN1CC=C(c2ccccc2)N(c2ccc(Br)cc2)C1=O. The third-order valence-corrected chi connectivity index (χ3v) is 4.00. The van der Waals surface area contributed by atoms with Gasteiger partial charge in [0.1, 0.15) is 0 Å². The first-order valence-corrected chi connectivity index (χ1v) is 7.52. The van der Waals surface area contributed by atoms with Crippen molar-refractivity contribution in [3.05, 3.63) is 70.7 Å². The van der Waals surface area contributed by atoms with E-state index in [1.807, 2.05) is 61.6 Å². The van der Waals surface area contributed by atoms with Gasteiger partial charge in [-0.3, -0.25) is 4.90 Å².